The molecular formula is C33H24N6O7S2. The summed E-state index contributed by atoms with van der Waals surface area (Å²) in [7, 11) is 0. The quantitative estimate of drug-likeness (QED) is 0.0553. The van der Waals surface area contributed by atoms with E-state index >= 15 is 0 Å². The smallest absolute Gasteiger partial charge is 0.272 e. The Morgan fingerprint density at radius 1 is 0.812 bits per heavy atom. The van der Waals surface area contributed by atoms with Crippen LogP contribution in [0.3, 0.4) is 0 Å². The van der Waals surface area contributed by atoms with Gasteiger partial charge in [0.15, 0.2) is 5.13 Å². The van der Waals surface area contributed by atoms with Crippen LogP contribution in [0.25, 0.3) is 17.3 Å². The minimum atomic E-state index is -0.620. The molecule has 5 rings (SSSR count). The molecule has 48 heavy (non-hydrogen) atoms. The molecule has 0 aliphatic carbocycles. The number of nitrogens with zero attached hydrogens (tertiary/aromatic N) is 3. The van der Waals surface area contributed by atoms with Crippen LogP contribution in [0.1, 0.15) is 15.9 Å². The van der Waals surface area contributed by atoms with E-state index in [0.29, 0.717) is 33.2 Å². The van der Waals surface area contributed by atoms with E-state index in [9.17, 15) is 34.6 Å². The van der Waals surface area contributed by atoms with Crippen molar-refractivity contribution < 1.29 is 24.2 Å². The van der Waals surface area contributed by atoms with Gasteiger partial charge in [0.1, 0.15) is 5.70 Å². The predicted molar refractivity (Wildman–Crippen MR) is 184 cm³/mol. The lowest BCUT2D eigenvalue weighted by atomic mass is 10.1. The Morgan fingerprint density at radius 2 is 1.52 bits per heavy atom. The van der Waals surface area contributed by atoms with Gasteiger partial charge in [-0.3, -0.25) is 34.6 Å². The summed E-state index contributed by atoms with van der Waals surface area (Å²) in [5, 5.41) is 32.2. The molecule has 3 amide bonds. The van der Waals surface area contributed by atoms with Gasteiger partial charge >= 0.3 is 0 Å². The minimum absolute atomic E-state index is 0.0537. The van der Waals surface area contributed by atoms with Crippen LogP contribution in [0.5, 0.6) is 0 Å². The maximum absolute atomic E-state index is 13.3. The molecule has 15 heteroatoms. The number of nitro groups is 2. The van der Waals surface area contributed by atoms with Gasteiger partial charge in [0.05, 0.1) is 21.3 Å². The third-order valence-electron chi connectivity index (χ3n) is 6.53. The molecular weight excluding hydrogens is 657 g/mol. The van der Waals surface area contributed by atoms with Gasteiger partial charge in [-0.1, -0.05) is 30.3 Å². The largest absolute Gasteiger partial charge is 0.321 e. The van der Waals surface area contributed by atoms with E-state index in [0.717, 1.165) is 4.90 Å². The van der Waals surface area contributed by atoms with Crippen molar-refractivity contribution in [3.8, 4) is 11.3 Å². The van der Waals surface area contributed by atoms with Gasteiger partial charge in [0, 0.05) is 51.4 Å². The van der Waals surface area contributed by atoms with Crippen molar-refractivity contribution in [3.05, 3.63) is 146 Å². The normalized spacial score (nSPS) is 11.0. The number of carbonyl (C=O) groups excluding carboxylic acids is 3. The van der Waals surface area contributed by atoms with Crippen LogP contribution in [0.2, 0.25) is 0 Å². The summed E-state index contributed by atoms with van der Waals surface area (Å²) in [6, 6.07) is 26.7. The molecule has 0 saturated carbocycles. The first-order valence-corrected chi connectivity index (χ1v) is 15.9. The van der Waals surface area contributed by atoms with E-state index < -0.39 is 21.7 Å². The lowest BCUT2D eigenvalue weighted by Gasteiger charge is -2.12. The standard InChI is InChI=1S/C33H24N6O7S2/c40-30(37-33-36-29(19-48-33)23-7-4-8-26(18-23)39(45)46)20-47-27-15-11-24(12-16-27)34-32(42)28(35-31(41)22-5-2-1-3-6-22)17-21-9-13-25(14-10-21)38(43)44/h1-19H,20H2,(H,34,42)(H,35,41)(H,36,37,40)/b28-17-. The first-order chi connectivity index (χ1) is 23.1. The summed E-state index contributed by atoms with van der Waals surface area (Å²) in [6.07, 6.45) is 1.41. The Balaban J connectivity index is 1.19. The van der Waals surface area contributed by atoms with Gasteiger partial charge < -0.3 is 16.0 Å². The van der Waals surface area contributed by atoms with Crippen LogP contribution >= 0.6 is 23.1 Å². The zero-order valence-electron chi connectivity index (χ0n) is 24.7. The van der Waals surface area contributed by atoms with Gasteiger partial charge in [0.2, 0.25) is 5.91 Å². The summed E-state index contributed by atoms with van der Waals surface area (Å²) in [6.45, 7) is 0. The molecule has 0 spiro atoms. The highest BCUT2D eigenvalue weighted by Crippen LogP contribution is 2.28. The number of thioether (sulfide) groups is 1. The van der Waals surface area contributed by atoms with Gasteiger partial charge in [-0.2, -0.15) is 0 Å². The Bertz CT molecular complexity index is 2010. The van der Waals surface area contributed by atoms with Crippen molar-refractivity contribution in [2.24, 2.45) is 0 Å². The van der Waals surface area contributed by atoms with Gasteiger partial charge in [-0.05, 0) is 60.2 Å². The summed E-state index contributed by atoms with van der Waals surface area (Å²) < 4.78 is 0. The zero-order valence-corrected chi connectivity index (χ0v) is 26.3. The van der Waals surface area contributed by atoms with Crippen LogP contribution in [-0.4, -0.2) is 38.3 Å². The number of hydrogen-bond donors (Lipinski definition) is 3. The third-order valence-corrected chi connectivity index (χ3v) is 8.30. The average molecular weight is 681 g/mol. The highest BCUT2D eigenvalue weighted by Gasteiger charge is 2.16. The molecule has 0 bridgehead atoms. The maximum atomic E-state index is 13.3. The van der Waals surface area contributed by atoms with Crippen molar-refractivity contribution in [2.45, 2.75) is 4.90 Å². The molecule has 4 aromatic carbocycles. The number of thiazole rings is 1. The second kappa shape index (κ2) is 15.4. The van der Waals surface area contributed by atoms with Gasteiger partial charge in [-0.25, -0.2) is 4.98 Å². The molecule has 0 saturated heterocycles. The van der Waals surface area contributed by atoms with Crippen LogP contribution in [-0.2, 0) is 9.59 Å². The van der Waals surface area contributed by atoms with E-state index in [2.05, 4.69) is 20.9 Å². The SMILES string of the molecule is O=C(CSc1ccc(NC(=O)/C(=C/c2ccc([N+](=O)[O-])cc2)NC(=O)c2ccccc2)cc1)Nc1nc(-c2cccc([N+](=O)[O-])c2)cs1. The maximum Gasteiger partial charge on any atom is 0.272 e. The number of rotatable bonds is 12. The number of anilines is 2. The van der Waals surface area contributed by atoms with Crippen LogP contribution in [0.15, 0.2) is 119 Å². The number of carbonyl (C=O) groups is 3. The Labute approximate surface area is 281 Å². The van der Waals surface area contributed by atoms with E-state index in [1.54, 1.807) is 72.1 Å². The fourth-order valence-corrected chi connectivity index (χ4v) is 5.62. The average Bonchev–Trinajstić information content (AvgIpc) is 3.56. The molecule has 3 N–H and O–H groups in total. The second-order valence-electron chi connectivity index (χ2n) is 9.89. The van der Waals surface area contributed by atoms with Gasteiger partial charge in [0.25, 0.3) is 23.2 Å². The number of nitrogens with one attached hydrogen (secondary N) is 3. The molecule has 0 atom stereocenters. The highest BCUT2D eigenvalue weighted by atomic mass is 32.2. The lowest BCUT2D eigenvalue weighted by molar-refractivity contribution is -0.385. The first-order valence-electron chi connectivity index (χ1n) is 14.0. The Kier molecular flexibility index (Phi) is 10.6. The summed E-state index contributed by atoms with van der Waals surface area (Å²) in [4.78, 5) is 64.9. The van der Waals surface area contributed by atoms with Crippen LogP contribution < -0.4 is 16.0 Å². The summed E-state index contributed by atoms with van der Waals surface area (Å²) in [5.74, 6) is -1.36. The molecule has 0 fully saturated rings. The minimum Gasteiger partial charge on any atom is -0.321 e. The number of aromatic nitrogens is 1. The molecule has 0 aliphatic heterocycles. The van der Waals surface area contributed by atoms with Crippen LogP contribution in [0.4, 0.5) is 22.2 Å². The monoisotopic (exact) mass is 680 g/mol. The predicted octanol–water partition coefficient (Wildman–Crippen LogP) is 6.77. The number of amides is 3. The van der Waals surface area contributed by atoms with Crippen molar-refractivity contribution in [3.63, 3.8) is 0 Å². The fourth-order valence-electron chi connectivity index (χ4n) is 4.18. The van der Waals surface area contributed by atoms with Crippen molar-refractivity contribution >= 4 is 69.1 Å². The fraction of sp³-hybridized carbons (Fsp3) is 0.0303. The Morgan fingerprint density at radius 3 is 2.21 bits per heavy atom. The number of non-ortho nitro benzene ring substituents is 2. The van der Waals surface area contributed by atoms with Crippen molar-refractivity contribution in [1.29, 1.82) is 0 Å². The molecule has 0 unspecified atom stereocenters. The summed E-state index contributed by atoms with van der Waals surface area (Å²) >= 11 is 2.46. The summed E-state index contributed by atoms with van der Waals surface area (Å²) in [5.41, 5.74) is 2.05. The first kappa shape index (κ1) is 33.2. The lowest BCUT2D eigenvalue weighted by Crippen LogP contribution is -2.30. The van der Waals surface area contributed by atoms with Crippen molar-refractivity contribution in [1.82, 2.24) is 10.3 Å². The zero-order chi connectivity index (χ0) is 34.0. The van der Waals surface area contributed by atoms with E-state index in [-0.39, 0.29) is 28.7 Å². The number of hydrogen-bond acceptors (Lipinski definition) is 10. The number of benzene rings is 4. The van der Waals surface area contributed by atoms with Crippen molar-refractivity contribution in [2.75, 3.05) is 16.4 Å². The third kappa shape index (κ3) is 8.96. The van der Waals surface area contributed by atoms with E-state index in [1.165, 1.54) is 65.6 Å². The molecule has 0 aliphatic rings. The highest BCUT2D eigenvalue weighted by molar-refractivity contribution is 8.00. The molecule has 13 nitrogen and oxygen atoms in total. The van der Waals surface area contributed by atoms with Crippen LogP contribution in [0, 0.1) is 20.2 Å². The second-order valence-corrected chi connectivity index (χ2v) is 11.8. The molecule has 1 heterocycles. The number of nitro benzene ring substituents is 2. The molecule has 1 aromatic heterocycles. The van der Waals surface area contributed by atoms with Gasteiger partial charge in [-0.15, -0.1) is 23.1 Å². The topological polar surface area (TPSA) is 186 Å². The molecule has 0 radical (unpaired) electrons. The molecule has 240 valence electrons. The van der Waals surface area contributed by atoms with E-state index in [4.69, 9.17) is 0 Å². The van der Waals surface area contributed by atoms with E-state index in [1.807, 2.05) is 0 Å². The Hall–Kier alpha value is -6.19. The molecule has 5 aromatic rings.